The van der Waals surface area contributed by atoms with Crippen molar-refractivity contribution in [1.29, 1.82) is 0 Å². The van der Waals surface area contributed by atoms with Gasteiger partial charge in [-0.05, 0) is 144 Å². The van der Waals surface area contributed by atoms with Gasteiger partial charge in [0.1, 0.15) is 22.5 Å². The molecule has 296 valence electrons. The van der Waals surface area contributed by atoms with Gasteiger partial charge >= 0.3 is 0 Å². The lowest BCUT2D eigenvalue weighted by molar-refractivity contribution is 0.591. The quantitative estimate of drug-likeness (QED) is 0.177. The molecule has 3 aliphatic carbocycles. The Morgan fingerprint density at radius 3 is 1.45 bits per heavy atom. The normalized spacial score (nSPS) is 16.4. The van der Waals surface area contributed by atoms with Crippen LogP contribution in [0.5, 0.6) is 0 Å². The molecular weight excluding hydrogens is 753 g/mol. The summed E-state index contributed by atoms with van der Waals surface area (Å²) in [6, 6.07) is 60.6. The maximum atomic E-state index is 6.39. The number of fused-ring (bicyclic) bond motifs is 13. The van der Waals surface area contributed by atoms with Crippen LogP contribution < -0.4 is 0 Å². The molecule has 2 heterocycles. The van der Waals surface area contributed by atoms with Gasteiger partial charge in [0.25, 0.3) is 0 Å². The maximum Gasteiger partial charge on any atom is 0.135 e. The van der Waals surface area contributed by atoms with Crippen molar-refractivity contribution in [3.8, 4) is 55.6 Å². The number of rotatable bonds is 4. The van der Waals surface area contributed by atoms with Gasteiger partial charge in [-0.3, -0.25) is 0 Å². The Labute approximate surface area is 361 Å². The zero-order chi connectivity index (χ0) is 41.5. The molecular formula is C60H44O2. The molecule has 0 radical (unpaired) electrons. The second kappa shape index (κ2) is 12.7. The first-order chi connectivity index (χ1) is 30.2. The van der Waals surface area contributed by atoms with Gasteiger partial charge in [-0.25, -0.2) is 0 Å². The van der Waals surface area contributed by atoms with Crippen LogP contribution in [-0.2, 0) is 17.3 Å². The molecule has 0 saturated heterocycles. The van der Waals surface area contributed by atoms with Crippen LogP contribution >= 0.6 is 0 Å². The maximum absolute atomic E-state index is 6.39. The lowest BCUT2D eigenvalue weighted by Crippen LogP contribution is -2.17. The third-order valence-corrected chi connectivity index (χ3v) is 14.7. The molecule has 2 nitrogen and oxygen atoms in total. The van der Waals surface area contributed by atoms with E-state index in [-0.39, 0.29) is 10.8 Å². The van der Waals surface area contributed by atoms with Gasteiger partial charge in [0.2, 0.25) is 0 Å². The van der Waals surface area contributed by atoms with Gasteiger partial charge in [-0.15, -0.1) is 0 Å². The van der Waals surface area contributed by atoms with Crippen molar-refractivity contribution in [2.24, 2.45) is 0 Å². The summed E-state index contributed by atoms with van der Waals surface area (Å²) in [6.45, 7) is 9.61. The number of hydrogen-bond donors (Lipinski definition) is 0. The fourth-order valence-corrected chi connectivity index (χ4v) is 11.3. The fourth-order valence-electron chi connectivity index (χ4n) is 11.3. The molecule has 13 rings (SSSR count). The first-order valence-corrected chi connectivity index (χ1v) is 22.0. The fraction of sp³-hybridized carbons (Fsp3) is 0.133. The molecule has 0 spiro atoms. The molecule has 0 amide bonds. The Morgan fingerprint density at radius 2 is 0.887 bits per heavy atom. The highest BCUT2D eigenvalue weighted by Gasteiger charge is 2.44. The molecule has 0 saturated carbocycles. The summed E-state index contributed by atoms with van der Waals surface area (Å²) in [7, 11) is 0. The zero-order valence-corrected chi connectivity index (χ0v) is 35.3. The predicted octanol–water partition coefficient (Wildman–Crippen LogP) is 16.3. The lowest BCUT2D eigenvalue weighted by atomic mass is 9.79. The van der Waals surface area contributed by atoms with Crippen molar-refractivity contribution in [3.05, 3.63) is 209 Å². The number of furan rings is 2. The van der Waals surface area contributed by atoms with Gasteiger partial charge < -0.3 is 8.83 Å². The Morgan fingerprint density at radius 1 is 0.419 bits per heavy atom. The molecule has 3 aliphatic rings. The minimum Gasteiger partial charge on any atom is -0.456 e. The van der Waals surface area contributed by atoms with Crippen molar-refractivity contribution in [3.63, 3.8) is 0 Å². The SMILES string of the molecule is CC1(C)c2cc(-c3ccc4oc5c(c4c3)CC(c3ccccc3)C=C5)ccc2-c2c1ccc1c2-c2ccc(-c3ccc4oc5ccc(-c6ccccc6)cc5c4c3)cc2C1(C)C. The van der Waals surface area contributed by atoms with E-state index in [1.165, 1.54) is 94.4 Å². The van der Waals surface area contributed by atoms with Gasteiger partial charge in [0, 0.05) is 38.5 Å². The average Bonchev–Trinajstić information content (AvgIpc) is 4.00. The van der Waals surface area contributed by atoms with E-state index < -0.39 is 0 Å². The molecule has 0 fully saturated rings. The van der Waals surface area contributed by atoms with E-state index in [0.29, 0.717) is 5.92 Å². The largest absolute Gasteiger partial charge is 0.456 e. The molecule has 0 N–H and O–H groups in total. The van der Waals surface area contributed by atoms with Crippen molar-refractivity contribution >= 4 is 39.0 Å². The topological polar surface area (TPSA) is 26.3 Å². The van der Waals surface area contributed by atoms with E-state index in [4.69, 9.17) is 8.83 Å². The second-order valence-corrected chi connectivity index (χ2v) is 18.8. The highest BCUT2D eigenvalue weighted by molar-refractivity contribution is 6.08. The van der Waals surface area contributed by atoms with Crippen LogP contribution in [0.15, 0.2) is 179 Å². The summed E-state index contributed by atoms with van der Waals surface area (Å²) in [6.07, 6.45) is 5.41. The smallest absolute Gasteiger partial charge is 0.135 e. The van der Waals surface area contributed by atoms with E-state index in [9.17, 15) is 0 Å². The molecule has 2 aromatic heterocycles. The summed E-state index contributed by atoms with van der Waals surface area (Å²) >= 11 is 0. The van der Waals surface area contributed by atoms with Gasteiger partial charge in [0.15, 0.2) is 0 Å². The van der Waals surface area contributed by atoms with Crippen molar-refractivity contribution in [1.82, 2.24) is 0 Å². The zero-order valence-electron chi connectivity index (χ0n) is 35.3. The molecule has 2 heteroatoms. The molecule has 10 aromatic rings. The Kier molecular flexibility index (Phi) is 7.28. The van der Waals surface area contributed by atoms with Crippen LogP contribution in [0.25, 0.3) is 94.6 Å². The minimum atomic E-state index is -0.159. The number of benzene rings is 8. The van der Waals surface area contributed by atoms with Crippen LogP contribution in [0.4, 0.5) is 0 Å². The predicted molar refractivity (Wildman–Crippen MR) is 257 cm³/mol. The van der Waals surface area contributed by atoms with Gasteiger partial charge in [0.05, 0.1) is 0 Å². The molecule has 1 atom stereocenters. The van der Waals surface area contributed by atoms with Crippen LogP contribution in [0.3, 0.4) is 0 Å². The minimum absolute atomic E-state index is 0.154. The van der Waals surface area contributed by atoms with Crippen LogP contribution in [0.1, 0.15) is 72.8 Å². The highest BCUT2D eigenvalue weighted by Crippen LogP contribution is 2.60. The van der Waals surface area contributed by atoms with Crippen LogP contribution in [0, 0.1) is 0 Å². The van der Waals surface area contributed by atoms with Crippen molar-refractivity contribution in [2.45, 2.75) is 50.9 Å². The summed E-state index contributed by atoms with van der Waals surface area (Å²) in [5, 5.41) is 3.51. The summed E-state index contributed by atoms with van der Waals surface area (Å²) in [5.41, 5.74) is 23.5. The monoisotopic (exact) mass is 796 g/mol. The van der Waals surface area contributed by atoms with E-state index in [2.05, 4.69) is 204 Å². The van der Waals surface area contributed by atoms with Crippen LogP contribution in [0.2, 0.25) is 0 Å². The van der Waals surface area contributed by atoms with E-state index in [0.717, 1.165) is 39.7 Å². The molecule has 62 heavy (non-hydrogen) atoms. The van der Waals surface area contributed by atoms with Crippen molar-refractivity contribution < 1.29 is 8.83 Å². The average molecular weight is 797 g/mol. The van der Waals surface area contributed by atoms with E-state index >= 15 is 0 Å². The Bertz CT molecular complexity index is 3540. The summed E-state index contributed by atoms with van der Waals surface area (Å²) in [4.78, 5) is 0. The van der Waals surface area contributed by atoms with Crippen molar-refractivity contribution in [2.75, 3.05) is 0 Å². The third kappa shape index (κ3) is 5.04. The Hall–Kier alpha value is -7.16. The van der Waals surface area contributed by atoms with Crippen LogP contribution in [-0.4, -0.2) is 0 Å². The lowest BCUT2D eigenvalue weighted by Gasteiger charge is -2.24. The molecule has 8 aromatic carbocycles. The third-order valence-electron chi connectivity index (χ3n) is 14.7. The molecule has 0 bridgehead atoms. The van der Waals surface area contributed by atoms with E-state index in [1.807, 2.05) is 0 Å². The molecule has 1 unspecified atom stereocenters. The summed E-state index contributed by atoms with van der Waals surface area (Å²) < 4.78 is 12.7. The molecule has 0 aliphatic heterocycles. The summed E-state index contributed by atoms with van der Waals surface area (Å²) in [5.74, 6) is 1.33. The Balaban J connectivity index is 0.883. The first kappa shape index (κ1) is 35.6. The standard InChI is InChI=1S/C60H44O2/c1-59(2)49-23-24-50-58(57(49)43-21-15-41(33-51(43)59)39-19-27-55-47(31-39)45-29-37(17-25-53(45)61-55)35-11-7-5-8-12-35)44-22-16-42(34-52(44)60(50,3)4)40-20-28-56-48(32-40)46-30-38(18-26-54(46)62-56)36-13-9-6-10-14-36/h5-29,31-34,38H,30H2,1-4H3. The van der Waals surface area contributed by atoms with E-state index in [1.54, 1.807) is 0 Å². The number of hydrogen-bond acceptors (Lipinski definition) is 2. The first-order valence-electron chi connectivity index (χ1n) is 22.0. The second-order valence-electron chi connectivity index (χ2n) is 18.8. The number of allylic oxidation sites excluding steroid dienone is 1. The highest BCUT2D eigenvalue weighted by atomic mass is 16.3. The van der Waals surface area contributed by atoms with Gasteiger partial charge in [-0.1, -0.05) is 149 Å². The van der Waals surface area contributed by atoms with Gasteiger partial charge in [-0.2, -0.15) is 0 Å².